The molecule has 0 aliphatic heterocycles. The first kappa shape index (κ1) is 16.7. The van der Waals surface area contributed by atoms with E-state index in [9.17, 15) is 9.90 Å². The monoisotopic (exact) mass is 278 g/mol. The first-order valence-electron chi connectivity index (χ1n) is 7.30. The van der Waals surface area contributed by atoms with E-state index in [0.29, 0.717) is 19.6 Å². The van der Waals surface area contributed by atoms with Crippen molar-refractivity contribution in [3.05, 3.63) is 35.4 Å². The molecular formula is C16H26N2O2. The van der Waals surface area contributed by atoms with Crippen LogP contribution in [0.4, 0.5) is 0 Å². The zero-order valence-electron chi connectivity index (χ0n) is 12.7. The summed E-state index contributed by atoms with van der Waals surface area (Å²) >= 11 is 0. The normalized spacial score (nSPS) is 12.4. The number of aliphatic hydroxyl groups excluding tert-OH is 1. The van der Waals surface area contributed by atoms with Crippen LogP contribution >= 0.6 is 0 Å². The number of likely N-dealkylation sites (N-methyl/N-ethyl adjacent to an activating group) is 1. The third-order valence-corrected chi connectivity index (χ3v) is 3.28. The maximum absolute atomic E-state index is 11.7. The van der Waals surface area contributed by atoms with Crippen molar-refractivity contribution in [2.75, 3.05) is 26.2 Å². The van der Waals surface area contributed by atoms with E-state index in [1.54, 1.807) is 0 Å². The summed E-state index contributed by atoms with van der Waals surface area (Å²) in [5.41, 5.74) is 2.07. The lowest BCUT2D eigenvalue weighted by molar-refractivity contribution is -0.122. The quantitative estimate of drug-likeness (QED) is 0.763. The Balaban J connectivity index is 2.50. The van der Waals surface area contributed by atoms with Crippen LogP contribution in [0.2, 0.25) is 0 Å². The van der Waals surface area contributed by atoms with Crippen molar-refractivity contribution in [3.8, 4) is 0 Å². The average molecular weight is 278 g/mol. The molecular weight excluding hydrogens is 252 g/mol. The zero-order chi connectivity index (χ0) is 15.0. The number of carbonyl (C=O) groups excluding carboxylic acids is 1. The van der Waals surface area contributed by atoms with Crippen molar-refractivity contribution in [2.24, 2.45) is 0 Å². The fraction of sp³-hybridized carbons (Fsp3) is 0.562. The Labute approximate surface area is 121 Å². The Morgan fingerprint density at radius 3 is 2.50 bits per heavy atom. The molecule has 4 nitrogen and oxygen atoms in total. The van der Waals surface area contributed by atoms with Gasteiger partial charge in [-0.15, -0.1) is 0 Å². The smallest absolute Gasteiger partial charge is 0.234 e. The molecule has 0 aromatic heterocycles. The molecule has 2 N–H and O–H groups in total. The van der Waals surface area contributed by atoms with Crippen LogP contribution in [0.15, 0.2) is 24.3 Å². The lowest BCUT2D eigenvalue weighted by atomic mass is 10.1. The highest BCUT2D eigenvalue weighted by atomic mass is 16.3. The number of benzene rings is 1. The summed E-state index contributed by atoms with van der Waals surface area (Å²) in [6.45, 7) is 8.29. The molecule has 0 saturated carbocycles. The number of amides is 1. The minimum atomic E-state index is -0.561. The first-order chi connectivity index (χ1) is 9.56. The molecule has 0 bridgehead atoms. The van der Waals surface area contributed by atoms with Crippen LogP contribution in [0.1, 0.15) is 37.5 Å². The molecule has 0 radical (unpaired) electrons. The van der Waals surface area contributed by atoms with Crippen LogP contribution in [0.25, 0.3) is 0 Å². The van der Waals surface area contributed by atoms with Gasteiger partial charge < -0.3 is 10.4 Å². The van der Waals surface area contributed by atoms with E-state index < -0.39 is 6.10 Å². The lowest BCUT2D eigenvalue weighted by Gasteiger charge is -2.23. The van der Waals surface area contributed by atoms with Crippen LogP contribution in [-0.4, -0.2) is 42.1 Å². The minimum Gasteiger partial charge on any atom is -0.387 e. The maximum Gasteiger partial charge on any atom is 0.234 e. The molecule has 0 spiro atoms. The van der Waals surface area contributed by atoms with E-state index >= 15 is 0 Å². The number of aliphatic hydroxyl groups is 1. The maximum atomic E-state index is 11.7. The minimum absolute atomic E-state index is 0.0183. The Morgan fingerprint density at radius 2 is 1.95 bits per heavy atom. The third-order valence-electron chi connectivity index (χ3n) is 3.28. The number of nitrogens with one attached hydrogen (secondary N) is 1. The van der Waals surface area contributed by atoms with Gasteiger partial charge >= 0.3 is 0 Å². The number of nitrogens with zero attached hydrogens (tertiary/aromatic N) is 1. The van der Waals surface area contributed by atoms with Crippen molar-refractivity contribution >= 4 is 5.91 Å². The van der Waals surface area contributed by atoms with E-state index in [1.807, 2.05) is 49.9 Å². The van der Waals surface area contributed by atoms with Crippen molar-refractivity contribution < 1.29 is 9.90 Å². The van der Waals surface area contributed by atoms with E-state index in [4.69, 9.17) is 0 Å². The molecule has 0 aliphatic carbocycles. The van der Waals surface area contributed by atoms with E-state index in [-0.39, 0.29) is 5.91 Å². The highest BCUT2D eigenvalue weighted by molar-refractivity contribution is 5.77. The van der Waals surface area contributed by atoms with Gasteiger partial charge in [-0.05, 0) is 25.5 Å². The van der Waals surface area contributed by atoms with Crippen LogP contribution in [0, 0.1) is 6.92 Å². The predicted octanol–water partition coefficient (Wildman–Crippen LogP) is 1.88. The van der Waals surface area contributed by atoms with E-state index in [1.165, 1.54) is 5.56 Å². The fourth-order valence-electron chi connectivity index (χ4n) is 1.97. The van der Waals surface area contributed by atoms with Gasteiger partial charge in [0.05, 0.1) is 12.6 Å². The summed E-state index contributed by atoms with van der Waals surface area (Å²) in [7, 11) is 0. The molecule has 1 aromatic carbocycles. The summed E-state index contributed by atoms with van der Waals surface area (Å²) in [6.07, 6.45) is 0.374. The molecule has 1 amide bonds. The molecule has 1 aromatic rings. The molecule has 112 valence electrons. The molecule has 4 heteroatoms. The van der Waals surface area contributed by atoms with Crippen LogP contribution in [0.3, 0.4) is 0 Å². The molecule has 1 rings (SSSR count). The standard InChI is InChI=1S/C16H26N2O2/c1-4-10-17-16(20)12-18(5-2)11-15(19)14-8-6-13(3)7-9-14/h6-9,15,19H,4-5,10-12H2,1-3H3,(H,17,20). The van der Waals surface area contributed by atoms with Crippen molar-refractivity contribution in [1.82, 2.24) is 10.2 Å². The molecule has 1 atom stereocenters. The van der Waals surface area contributed by atoms with E-state index in [0.717, 1.165) is 18.5 Å². The van der Waals surface area contributed by atoms with Crippen molar-refractivity contribution in [1.29, 1.82) is 0 Å². The highest BCUT2D eigenvalue weighted by Crippen LogP contribution is 2.14. The van der Waals surface area contributed by atoms with Crippen LogP contribution in [0.5, 0.6) is 0 Å². The average Bonchev–Trinajstić information content (AvgIpc) is 2.44. The number of rotatable bonds is 8. The molecule has 0 fully saturated rings. The summed E-state index contributed by atoms with van der Waals surface area (Å²) in [5.74, 6) is 0.0183. The number of hydrogen-bond acceptors (Lipinski definition) is 3. The Kier molecular flexibility index (Phi) is 7.26. The Hall–Kier alpha value is -1.39. The Morgan fingerprint density at radius 1 is 1.30 bits per heavy atom. The Bertz CT molecular complexity index is 403. The highest BCUT2D eigenvalue weighted by Gasteiger charge is 2.14. The topological polar surface area (TPSA) is 52.6 Å². The summed E-state index contributed by atoms with van der Waals surface area (Å²) < 4.78 is 0. The lowest BCUT2D eigenvalue weighted by Crippen LogP contribution is -2.39. The van der Waals surface area contributed by atoms with Gasteiger partial charge in [0.15, 0.2) is 0 Å². The number of aryl methyl sites for hydroxylation is 1. The van der Waals surface area contributed by atoms with Gasteiger partial charge in [-0.2, -0.15) is 0 Å². The van der Waals surface area contributed by atoms with Gasteiger partial charge in [-0.3, -0.25) is 9.69 Å². The summed E-state index contributed by atoms with van der Waals surface area (Å²) in [4.78, 5) is 13.7. The molecule has 0 saturated heterocycles. The number of carbonyl (C=O) groups is 1. The van der Waals surface area contributed by atoms with Gasteiger partial charge in [-0.1, -0.05) is 43.7 Å². The fourth-order valence-corrected chi connectivity index (χ4v) is 1.97. The number of hydrogen-bond donors (Lipinski definition) is 2. The SMILES string of the molecule is CCCNC(=O)CN(CC)CC(O)c1ccc(C)cc1. The van der Waals surface area contributed by atoms with Gasteiger partial charge in [-0.25, -0.2) is 0 Å². The molecule has 0 heterocycles. The zero-order valence-corrected chi connectivity index (χ0v) is 12.7. The second-order valence-electron chi connectivity index (χ2n) is 5.10. The van der Waals surface area contributed by atoms with Gasteiger partial charge in [0, 0.05) is 13.1 Å². The van der Waals surface area contributed by atoms with E-state index in [2.05, 4.69) is 5.32 Å². The molecule has 1 unspecified atom stereocenters. The largest absolute Gasteiger partial charge is 0.387 e. The first-order valence-corrected chi connectivity index (χ1v) is 7.30. The van der Waals surface area contributed by atoms with Crippen molar-refractivity contribution in [2.45, 2.75) is 33.3 Å². The second kappa shape index (κ2) is 8.72. The molecule has 0 aliphatic rings. The van der Waals surface area contributed by atoms with Gasteiger partial charge in [0.2, 0.25) is 5.91 Å². The van der Waals surface area contributed by atoms with Crippen LogP contribution < -0.4 is 5.32 Å². The van der Waals surface area contributed by atoms with Gasteiger partial charge in [0.1, 0.15) is 0 Å². The molecule has 20 heavy (non-hydrogen) atoms. The van der Waals surface area contributed by atoms with Gasteiger partial charge in [0.25, 0.3) is 0 Å². The van der Waals surface area contributed by atoms with Crippen LogP contribution in [-0.2, 0) is 4.79 Å². The second-order valence-corrected chi connectivity index (χ2v) is 5.10. The van der Waals surface area contributed by atoms with Crippen molar-refractivity contribution in [3.63, 3.8) is 0 Å². The summed E-state index contributed by atoms with van der Waals surface area (Å²) in [5, 5.41) is 13.1. The predicted molar refractivity (Wildman–Crippen MR) is 81.6 cm³/mol. The third kappa shape index (κ3) is 5.72. The summed E-state index contributed by atoms with van der Waals surface area (Å²) in [6, 6.07) is 7.85.